The predicted octanol–water partition coefficient (Wildman–Crippen LogP) is 2.85. The standard InChI is InChI=1S/C11H15ClN4OS2/c1-11(12)6-7(4-5-8(11)17)13-14-9-16(2)10(18-3)15-19-9/h4-6,8-9,17H,1-3H3. The molecular formula is C11H15ClN4OS2. The van der Waals surface area contributed by atoms with Crippen molar-refractivity contribution >= 4 is 40.5 Å². The van der Waals surface area contributed by atoms with E-state index >= 15 is 0 Å². The van der Waals surface area contributed by atoms with Crippen molar-refractivity contribution in [3.63, 3.8) is 0 Å². The third kappa shape index (κ3) is 3.34. The van der Waals surface area contributed by atoms with Gasteiger partial charge in [0.25, 0.3) is 0 Å². The van der Waals surface area contributed by atoms with Gasteiger partial charge in [-0.1, -0.05) is 17.8 Å². The summed E-state index contributed by atoms with van der Waals surface area (Å²) in [4.78, 5) is 1.12. The van der Waals surface area contributed by atoms with E-state index in [1.165, 1.54) is 11.9 Å². The molecule has 2 rings (SSSR count). The van der Waals surface area contributed by atoms with Crippen molar-refractivity contribution in [1.82, 2.24) is 4.90 Å². The number of aliphatic hydroxyl groups excluding tert-OH is 1. The number of nitrogens with zero attached hydrogens (tertiary/aromatic N) is 4. The number of azo groups is 1. The molecule has 0 aromatic carbocycles. The van der Waals surface area contributed by atoms with Gasteiger partial charge in [-0.15, -0.1) is 16.7 Å². The minimum atomic E-state index is -0.835. The Kier molecular flexibility index (Phi) is 4.60. The van der Waals surface area contributed by atoms with Crippen LogP contribution in [0.2, 0.25) is 0 Å². The van der Waals surface area contributed by atoms with Crippen LogP contribution in [-0.2, 0) is 0 Å². The Morgan fingerprint density at radius 1 is 1.63 bits per heavy atom. The molecule has 0 fully saturated rings. The lowest BCUT2D eigenvalue weighted by Crippen LogP contribution is -2.31. The van der Waals surface area contributed by atoms with Crippen LogP contribution in [-0.4, -0.2) is 45.0 Å². The summed E-state index contributed by atoms with van der Waals surface area (Å²) in [5.74, 6) is 0. The van der Waals surface area contributed by atoms with Crippen molar-refractivity contribution in [2.45, 2.75) is 23.4 Å². The first-order valence-corrected chi connectivity index (χ1v) is 8.07. The summed E-state index contributed by atoms with van der Waals surface area (Å²) in [7, 11) is 1.93. The first-order valence-electron chi connectivity index (χ1n) is 5.63. The lowest BCUT2D eigenvalue weighted by atomic mass is 9.97. The highest BCUT2D eigenvalue weighted by molar-refractivity contribution is 8.14. The Bertz CT molecular complexity index is 475. The maximum atomic E-state index is 9.67. The van der Waals surface area contributed by atoms with Crippen LogP contribution in [0.5, 0.6) is 0 Å². The number of aliphatic hydroxyl groups is 1. The Hall–Kier alpha value is -0.500. The fourth-order valence-corrected chi connectivity index (χ4v) is 3.29. The van der Waals surface area contributed by atoms with E-state index < -0.39 is 11.0 Å². The fourth-order valence-electron chi connectivity index (χ4n) is 1.58. The minimum Gasteiger partial charge on any atom is -0.387 e. The third-order valence-corrected chi connectivity index (χ3v) is 4.84. The molecule has 0 spiro atoms. The van der Waals surface area contributed by atoms with Gasteiger partial charge in [0, 0.05) is 19.0 Å². The minimum absolute atomic E-state index is 0.148. The molecule has 0 saturated heterocycles. The summed E-state index contributed by atoms with van der Waals surface area (Å²) in [6.07, 6.45) is 6.31. The van der Waals surface area contributed by atoms with Crippen molar-refractivity contribution in [3.8, 4) is 0 Å². The first-order chi connectivity index (χ1) is 8.94. The molecule has 1 aliphatic heterocycles. The number of alkyl halides is 1. The number of thioether (sulfide) groups is 1. The third-order valence-electron chi connectivity index (χ3n) is 2.77. The second-order valence-electron chi connectivity index (χ2n) is 4.36. The van der Waals surface area contributed by atoms with Gasteiger partial charge in [-0.3, -0.25) is 0 Å². The highest BCUT2D eigenvalue weighted by atomic mass is 35.5. The van der Waals surface area contributed by atoms with Gasteiger partial charge in [-0.2, -0.15) is 9.51 Å². The van der Waals surface area contributed by atoms with Gasteiger partial charge in [0.15, 0.2) is 5.17 Å². The molecule has 0 amide bonds. The molecule has 104 valence electrons. The molecule has 8 heteroatoms. The number of amidine groups is 1. The Balaban J connectivity index is 2.03. The Morgan fingerprint density at radius 3 is 2.95 bits per heavy atom. The molecule has 1 heterocycles. The SMILES string of the molecule is CSC1=NSC(N=NC2=CC(C)(Cl)C(O)C=C2)N1C. The van der Waals surface area contributed by atoms with Crippen LogP contribution >= 0.6 is 35.3 Å². The Morgan fingerprint density at radius 2 is 2.37 bits per heavy atom. The molecule has 0 radical (unpaired) electrons. The molecule has 3 unspecified atom stereocenters. The number of hydrogen-bond acceptors (Lipinski definition) is 7. The molecule has 1 aliphatic carbocycles. The average molecular weight is 319 g/mol. The monoisotopic (exact) mass is 318 g/mol. The summed E-state index contributed by atoms with van der Waals surface area (Å²) < 4.78 is 4.29. The van der Waals surface area contributed by atoms with E-state index in [1.807, 2.05) is 18.2 Å². The molecule has 0 aromatic rings. The van der Waals surface area contributed by atoms with Crippen LogP contribution in [0, 0.1) is 0 Å². The van der Waals surface area contributed by atoms with Crippen molar-refractivity contribution < 1.29 is 5.11 Å². The number of rotatable bonds is 2. The van der Waals surface area contributed by atoms with E-state index in [0.717, 1.165) is 5.17 Å². The van der Waals surface area contributed by atoms with Crippen molar-refractivity contribution in [2.75, 3.05) is 13.3 Å². The van der Waals surface area contributed by atoms with Gasteiger partial charge < -0.3 is 10.0 Å². The molecule has 0 aromatic heterocycles. The maximum absolute atomic E-state index is 9.67. The number of halogens is 1. The largest absolute Gasteiger partial charge is 0.387 e. The molecule has 19 heavy (non-hydrogen) atoms. The van der Waals surface area contributed by atoms with E-state index in [9.17, 15) is 5.11 Å². The van der Waals surface area contributed by atoms with Gasteiger partial charge in [0.1, 0.15) is 0 Å². The predicted molar refractivity (Wildman–Crippen MR) is 82.4 cm³/mol. The topological polar surface area (TPSA) is 60.6 Å². The zero-order chi connectivity index (χ0) is 14.0. The normalized spacial score (nSPS) is 34.9. The second kappa shape index (κ2) is 5.87. The summed E-state index contributed by atoms with van der Waals surface area (Å²) in [6, 6.07) is 0. The van der Waals surface area contributed by atoms with Crippen molar-refractivity contribution in [1.29, 1.82) is 0 Å². The quantitative estimate of drug-likeness (QED) is 0.483. The molecule has 0 saturated carbocycles. The summed E-state index contributed by atoms with van der Waals surface area (Å²) in [6.45, 7) is 1.74. The van der Waals surface area contributed by atoms with E-state index in [1.54, 1.807) is 36.9 Å². The van der Waals surface area contributed by atoms with Crippen LogP contribution in [0.3, 0.4) is 0 Å². The van der Waals surface area contributed by atoms with E-state index in [2.05, 4.69) is 14.6 Å². The van der Waals surface area contributed by atoms with Crippen molar-refractivity contribution in [2.24, 2.45) is 14.6 Å². The first kappa shape index (κ1) is 14.9. The summed E-state index contributed by atoms with van der Waals surface area (Å²) in [5, 5.41) is 19.0. The zero-order valence-corrected chi connectivity index (χ0v) is 13.2. The van der Waals surface area contributed by atoms with Crippen LogP contribution in [0.1, 0.15) is 6.92 Å². The van der Waals surface area contributed by atoms with Gasteiger partial charge in [0.2, 0.25) is 5.50 Å². The maximum Gasteiger partial charge on any atom is 0.211 e. The molecule has 5 nitrogen and oxygen atoms in total. The molecule has 2 aliphatic rings. The summed E-state index contributed by atoms with van der Waals surface area (Å²) >= 11 is 9.11. The highest BCUT2D eigenvalue weighted by Gasteiger charge is 2.30. The van der Waals surface area contributed by atoms with E-state index in [4.69, 9.17) is 11.6 Å². The fraction of sp³-hybridized carbons (Fsp3) is 0.545. The molecule has 1 N–H and O–H groups in total. The van der Waals surface area contributed by atoms with Crippen LogP contribution in [0.25, 0.3) is 0 Å². The van der Waals surface area contributed by atoms with Crippen LogP contribution in [0.4, 0.5) is 0 Å². The van der Waals surface area contributed by atoms with Gasteiger partial charge in [0.05, 0.1) is 16.7 Å². The number of hydrogen-bond donors (Lipinski definition) is 1. The smallest absolute Gasteiger partial charge is 0.211 e. The molecule has 0 bridgehead atoms. The van der Waals surface area contributed by atoms with Crippen molar-refractivity contribution in [3.05, 3.63) is 23.9 Å². The van der Waals surface area contributed by atoms with Gasteiger partial charge in [-0.05, 0) is 25.3 Å². The highest BCUT2D eigenvalue weighted by Crippen LogP contribution is 2.31. The van der Waals surface area contributed by atoms with Crippen LogP contribution in [0.15, 0.2) is 38.6 Å². The average Bonchev–Trinajstić information content (AvgIpc) is 2.71. The summed E-state index contributed by atoms with van der Waals surface area (Å²) in [5.41, 5.74) is 0.500. The lowest BCUT2D eigenvalue weighted by Gasteiger charge is -2.25. The number of allylic oxidation sites excluding steroid dienone is 1. The molecular weight excluding hydrogens is 304 g/mol. The molecule has 3 atom stereocenters. The zero-order valence-electron chi connectivity index (χ0n) is 10.8. The lowest BCUT2D eigenvalue weighted by molar-refractivity contribution is 0.195. The van der Waals surface area contributed by atoms with Crippen LogP contribution < -0.4 is 0 Å². The second-order valence-corrected chi connectivity index (χ2v) is 6.76. The van der Waals surface area contributed by atoms with Gasteiger partial charge in [-0.25, -0.2) is 0 Å². The van der Waals surface area contributed by atoms with Gasteiger partial charge >= 0.3 is 0 Å². The van der Waals surface area contributed by atoms with E-state index in [-0.39, 0.29) is 5.50 Å². The van der Waals surface area contributed by atoms with E-state index in [0.29, 0.717) is 5.70 Å². The Labute approximate surface area is 126 Å².